The lowest BCUT2D eigenvalue weighted by Gasteiger charge is -2.20. The summed E-state index contributed by atoms with van der Waals surface area (Å²) in [4.78, 5) is 0. The van der Waals surface area contributed by atoms with E-state index >= 15 is 0 Å². The van der Waals surface area contributed by atoms with Crippen molar-refractivity contribution in [2.24, 2.45) is 0 Å². The molecule has 0 aromatic heterocycles. The Morgan fingerprint density at radius 2 is 0.964 bits per heavy atom. The Balaban J connectivity index is 2.07. The third-order valence-corrected chi connectivity index (χ3v) is 4.96. The van der Waals surface area contributed by atoms with Crippen LogP contribution in [0.4, 0.5) is 11.4 Å². The molecule has 0 fully saturated rings. The summed E-state index contributed by atoms with van der Waals surface area (Å²) >= 11 is 0. The number of anilines is 2. The molecular weight excluding hydrogens is 348 g/mol. The van der Waals surface area contributed by atoms with E-state index in [-0.39, 0.29) is 13.2 Å². The molecule has 4 rings (SSSR count). The second kappa shape index (κ2) is 8.30. The largest absolute Gasteiger partial charge is 0.395 e. The van der Waals surface area contributed by atoms with E-state index in [4.69, 9.17) is 0 Å². The zero-order valence-corrected chi connectivity index (χ0v) is 15.7. The van der Waals surface area contributed by atoms with Gasteiger partial charge in [0.15, 0.2) is 0 Å². The quantitative estimate of drug-likeness (QED) is 0.387. The van der Waals surface area contributed by atoms with Crippen molar-refractivity contribution in [1.82, 2.24) is 0 Å². The molecule has 0 radical (unpaired) electrons. The first-order valence-corrected chi connectivity index (χ1v) is 9.57. The van der Waals surface area contributed by atoms with Gasteiger partial charge < -0.3 is 20.8 Å². The number of aliphatic hydroxyl groups excluding tert-OH is 2. The number of hydrogen-bond donors (Lipinski definition) is 4. The highest BCUT2D eigenvalue weighted by Crippen LogP contribution is 2.43. The number of nitrogens with one attached hydrogen (secondary N) is 2. The van der Waals surface area contributed by atoms with Crippen LogP contribution in [0.1, 0.15) is 0 Å². The van der Waals surface area contributed by atoms with Crippen molar-refractivity contribution in [3.63, 3.8) is 0 Å². The number of benzene rings is 4. The average molecular weight is 372 g/mol. The summed E-state index contributed by atoms with van der Waals surface area (Å²) < 4.78 is 0. The molecule has 4 N–H and O–H groups in total. The van der Waals surface area contributed by atoms with Crippen LogP contribution in [0.15, 0.2) is 72.8 Å². The fourth-order valence-corrected chi connectivity index (χ4v) is 3.76. The minimum Gasteiger partial charge on any atom is -0.395 e. The van der Waals surface area contributed by atoms with Crippen LogP contribution in [0.3, 0.4) is 0 Å². The lowest BCUT2D eigenvalue weighted by Crippen LogP contribution is -2.09. The van der Waals surface area contributed by atoms with Crippen LogP contribution in [-0.2, 0) is 0 Å². The van der Waals surface area contributed by atoms with Gasteiger partial charge >= 0.3 is 0 Å². The van der Waals surface area contributed by atoms with Crippen molar-refractivity contribution in [1.29, 1.82) is 0 Å². The van der Waals surface area contributed by atoms with Gasteiger partial charge in [-0.25, -0.2) is 0 Å². The van der Waals surface area contributed by atoms with Crippen LogP contribution in [0.25, 0.3) is 32.7 Å². The maximum Gasteiger partial charge on any atom is 0.0604 e. The Morgan fingerprint density at radius 1 is 0.536 bits per heavy atom. The molecule has 0 amide bonds. The number of aliphatic hydroxyl groups is 2. The van der Waals surface area contributed by atoms with Gasteiger partial charge in [0, 0.05) is 35.6 Å². The predicted molar refractivity (Wildman–Crippen MR) is 118 cm³/mol. The summed E-state index contributed by atoms with van der Waals surface area (Å²) in [6.07, 6.45) is 0. The molecule has 0 spiro atoms. The van der Waals surface area contributed by atoms with Gasteiger partial charge in [-0.05, 0) is 33.7 Å². The highest BCUT2D eigenvalue weighted by molar-refractivity contribution is 6.13. The zero-order valence-electron chi connectivity index (χ0n) is 15.7. The second-order valence-corrected chi connectivity index (χ2v) is 6.72. The summed E-state index contributed by atoms with van der Waals surface area (Å²) in [5, 5.41) is 30.0. The molecule has 4 aromatic rings. The summed E-state index contributed by atoms with van der Waals surface area (Å²) in [7, 11) is 0. The minimum atomic E-state index is 0.0669. The van der Waals surface area contributed by atoms with Gasteiger partial charge in [0.05, 0.1) is 13.2 Å². The van der Waals surface area contributed by atoms with E-state index in [2.05, 4.69) is 59.2 Å². The van der Waals surface area contributed by atoms with Gasteiger partial charge in [0.25, 0.3) is 0 Å². The Hall–Kier alpha value is -3.08. The average Bonchev–Trinajstić information content (AvgIpc) is 2.75. The van der Waals surface area contributed by atoms with Gasteiger partial charge in [-0.1, -0.05) is 60.7 Å². The number of fused-ring (bicyclic) bond motifs is 2. The molecule has 0 aliphatic rings. The topological polar surface area (TPSA) is 64.5 Å². The first kappa shape index (κ1) is 18.3. The summed E-state index contributed by atoms with van der Waals surface area (Å²) in [6, 6.07) is 25.0. The van der Waals surface area contributed by atoms with Crippen molar-refractivity contribution >= 4 is 32.9 Å². The molecule has 0 saturated carbocycles. The van der Waals surface area contributed by atoms with Crippen molar-refractivity contribution in [2.45, 2.75) is 0 Å². The minimum absolute atomic E-state index is 0.0669. The van der Waals surface area contributed by atoms with Gasteiger partial charge in [0.2, 0.25) is 0 Å². The Bertz CT molecular complexity index is 1020. The predicted octanol–water partition coefficient (Wildman–Crippen LogP) is 4.47. The van der Waals surface area contributed by atoms with Gasteiger partial charge in [-0.15, -0.1) is 0 Å². The van der Waals surface area contributed by atoms with E-state index in [0.29, 0.717) is 13.1 Å². The smallest absolute Gasteiger partial charge is 0.0604 e. The monoisotopic (exact) mass is 372 g/mol. The van der Waals surface area contributed by atoms with Gasteiger partial charge in [-0.2, -0.15) is 0 Å². The molecule has 0 unspecified atom stereocenters. The molecule has 142 valence electrons. The van der Waals surface area contributed by atoms with Crippen molar-refractivity contribution in [3.8, 4) is 11.1 Å². The van der Waals surface area contributed by atoms with Crippen LogP contribution < -0.4 is 10.6 Å². The molecular formula is C24H24N2O2. The van der Waals surface area contributed by atoms with E-state index in [9.17, 15) is 10.2 Å². The molecule has 0 atom stereocenters. The van der Waals surface area contributed by atoms with E-state index in [1.807, 2.05) is 24.3 Å². The Labute approximate surface area is 164 Å². The molecule has 0 heterocycles. The van der Waals surface area contributed by atoms with E-state index in [1.165, 1.54) is 0 Å². The lowest BCUT2D eigenvalue weighted by atomic mass is 9.91. The maximum absolute atomic E-state index is 9.34. The van der Waals surface area contributed by atoms with Crippen LogP contribution in [-0.4, -0.2) is 36.5 Å². The molecule has 4 nitrogen and oxygen atoms in total. The molecule has 0 saturated heterocycles. The SMILES string of the molecule is OCCNc1ccc2ccccc2c1-c1c(NCCO)ccc2ccccc12. The summed E-state index contributed by atoms with van der Waals surface area (Å²) in [6.45, 7) is 1.10. The Morgan fingerprint density at radius 3 is 1.39 bits per heavy atom. The number of hydrogen-bond acceptors (Lipinski definition) is 4. The van der Waals surface area contributed by atoms with Crippen molar-refractivity contribution < 1.29 is 10.2 Å². The van der Waals surface area contributed by atoms with E-state index in [1.54, 1.807) is 0 Å². The molecule has 0 aliphatic heterocycles. The highest BCUT2D eigenvalue weighted by Gasteiger charge is 2.16. The molecule has 4 aromatic carbocycles. The standard InChI is InChI=1S/C24H24N2O2/c27-15-13-25-21-11-9-17-5-1-3-7-19(17)23(21)24-20-8-4-2-6-18(20)10-12-22(24)26-14-16-28/h1-12,25-28H,13-16H2. The maximum atomic E-state index is 9.34. The van der Waals surface area contributed by atoms with Crippen molar-refractivity contribution in [2.75, 3.05) is 36.9 Å². The van der Waals surface area contributed by atoms with Crippen LogP contribution >= 0.6 is 0 Å². The first-order valence-electron chi connectivity index (χ1n) is 9.57. The zero-order chi connectivity index (χ0) is 19.3. The van der Waals surface area contributed by atoms with Crippen LogP contribution in [0, 0.1) is 0 Å². The molecule has 4 heteroatoms. The summed E-state index contributed by atoms with van der Waals surface area (Å²) in [5.74, 6) is 0. The summed E-state index contributed by atoms with van der Waals surface area (Å²) in [5.41, 5.74) is 4.17. The molecule has 0 aliphatic carbocycles. The molecule has 28 heavy (non-hydrogen) atoms. The third-order valence-electron chi connectivity index (χ3n) is 4.96. The van der Waals surface area contributed by atoms with Crippen molar-refractivity contribution in [3.05, 3.63) is 72.8 Å². The fourth-order valence-electron chi connectivity index (χ4n) is 3.76. The van der Waals surface area contributed by atoms with E-state index in [0.717, 1.165) is 44.0 Å². The fraction of sp³-hybridized carbons (Fsp3) is 0.167. The van der Waals surface area contributed by atoms with Crippen LogP contribution in [0.5, 0.6) is 0 Å². The van der Waals surface area contributed by atoms with E-state index < -0.39 is 0 Å². The Kier molecular flexibility index (Phi) is 5.42. The first-order chi connectivity index (χ1) is 13.8. The third kappa shape index (κ3) is 3.40. The van der Waals surface area contributed by atoms with Gasteiger partial charge in [-0.3, -0.25) is 0 Å². The molecule has 0 bridgehead atoms. The highest BCUT2D eigenvalue weighted by atomic mass is 16.3. The second-order valence-electron chi connectivity index (χ2n) is 6.72. The normalized spacial score (nSPS) is 11.1. The van der Waals surface area contributed by atoms with Crippen LogP contribution in [0.2, 0.25) is 0 Å². The number of rotatable bonds is 7. The van der Waals surface area contributed by atoms with Gasteiger partial charge in [0.1, 0.15) is 0 Å². The lowest BCUT2D eigenvalue weighted by molar-refractivity contribution is 0.310.